The first kappa shape index (κ1) is 18.9. The lowest BCUT2D eigenvalue weighted by Crippen LogP contribution is -2.27. The zero-order chi connectivity index (χ0) is 20.4. The number of nitrogens with one attached hydrogen (secondary N) is 1. The smallest absolute Gasteiger partial charge is 0.251 e. The van der Waals surface area contributed by atoms with Crippen LogP contribution in [-0.2, 0) is 17.8 Å². The van der Waals surface area contributed by atoms with E-state index < -0.39 is 0 Å². The van der Waals surface area contributed by atoms with Crippen molar-refractivity contribution in [3.05, 3.63) is 101 Å². The lowest BCUT2D eigenvalue weighted by Gasteiger charge is -2.18. The molecule has 1 heterocycles. The van der Waals surface area contributed by atoms with E-state index in [9.17, 15) is 14.0 Å². The molecule has 3 aromatic rings. The topological polar surface area (TPSA) is 49.4 Å². The Morgan fingerprint density at radius 1 is 1.07 bits per heavy atom. The summed E-state index contributed by atoms with van der Waals surface area (Å²) in [5, 5.41) is 2.93. The molecule has 0 bridgehead atoms. The Hall–Kier alpha value is -3.47. The molecule has 0 aliphatic carbocycles. The van der Waals surface area contributed by atoms with Crippen molar-refractivity contribution in [2.75, 3.05) is 4.90 Å². The van der Waals surface area contributed by atoms with Crippen LogP contribution in [0.4, 0.5) is 10.1 Å². The number of rotatable bonds is 5. The summed E-state index contributed by atoms with van der Waals surface area (Å²) in [5.74, 6) is -0.504. The van der Waals surface area contributed by atoms with E-state index >= 15 is 0 Å². The summed E-state index contributed by atoms with van der Waals surface area (Å²) >= 11 is 0. The highest BCUT2D eigenvalue weighted by atomic mass is 19.1. The van der Waals surface area contributed by atoms with Crippen LogP contribution in [0.15, 0.2) is 72.8 Å². The summed E-state index contributed by atoms with van der Waals surface area (Å²) in [4.78, 5) is 26.9. The van der Waals surface area contributed by atoms with Crippen LogP contribution in [0.1, 0.15) is 40.0 Å². The molecule has 1 atom stereocenters. The van der Waals surface area contributed by atoms with Crippen LogP contribution in [-0.4, -0.2) is 11.8 Å². The number of carbonyl (C=O) groups is 2. The summed E-state index contributed by atoms with van der Waals surface area (Å²) in [6.45, 7) is 2.36. The van der Waals surface area contributed by atoms with Gasteiger partial charge in [0.05, 0.1) is 19.0 Å². The molecule has 1 unspecified atom stereocenters. The van der Waals surface area contributed by atoms with Crippen LogP contribution in [0.3, 0.4) is 0 Å². The molecule has 0 saturated carbocycles. The fourth-order valence-electron chi connectivity index (χ4n) is 3.58. The van der Waals surface area contributed by atoms with Gasteiger partial charge in [-0.2, -0.15) is 0 Å². The number of benzene rings is 3. The highest BCUT2D eigenvalue weighted by molar-refractivity contribution is 6.03. The van der Waals surface area contributed by atoms with Gasteiger partial charge in [0.25, 0.3) is 5.91 Å². The standard InChI is InChI=1S/C24H21FN2O2/c1-16(18-7-10-21(25)11-8-18)26-24(29)19-9-12-22-20(13-19)14-23(28)27(22)15-17-5-3-2-4-6-17/h2-13,16H,14-15H2,1H3,(H,26,29). The van der Waals surface area contributed by atoms with Crippen LogP contribution in [0, 0.1) is 5.82 Å². The van der Waals surface area contributed by atoms with Gasteiger partial charge in [-0.15, -0.1) is 0 Å². The van der Waals surface area contributed by atoms with E-state index in [2.05, 4.69) is 5.32 Å². The zero-order valence-corrected chi connectivity index (χ0v) is 16.1. The molecular formula is C24H21FN2O2. The summed E-state index contributed by atoms with van der Waals surface area (Å²) in [6, 6.07) is 21.0. The van der Waals surface area contributed by atoms with Crippen molar-refractivity contribution in [3.63, 3.8) is 0 Å². The maximum atomic E-state index is 13.1. The van der Waals surface area contributed by atoms with Gasteiger partial charge >= 0.3 is 0 Å². The molecule has 1 N–H and O–H groups in total. The van der Waals surface area contributed by atoms with Crippen LogP contribution >= 0.6 is 0 Å². The molecule has 1 aliphatic rings. The SMILES string of the molecule is CC(NC(=O)c1ccc2c(c1)CC(=O)N2Cc1ccccc1)c1ccc(F)cc1. The van der Waals surface area contributed by atoms with Crippen molar-refractivity contribution in [3.8, 4) is 0 Å². The quantitative estimate of drug-likeness (QED) is 0.704. The third-order valence-electron chi connectivity index (χ3n) is 5.18. The molecule has 4 nitrogen and oxygen atoms in total. The first-order valence-electron chi connectivity index (χ1n) is 9.55. The Morgan fingerprint density at radius 2 is 1.79 bits per heavy atom. The maximum absolute atomic E-state index is 13.1. The van der Waals surface area contributed by atoms with E-state index in [0.717, 1.165) is 22.4 Å². The normalized spacial score (nSPS) is 13.9. The van der Waals surface area contributed by atoms with E-state index in [4.69, 9.17) is 0 Å². The minimum Gasteiger partial charge on any atom is -0.346 e. The van der Waals surface area contributed by atoms with Gasteiger partial charge in [-0.3, -0.25) is 9.59 Å². The van der Waals surface area contributed by atoms with E-state index in [1.165, 1.54) is 12.1 Å². The van der Waals surface area contributed by atoms with E-state index in [0.29, 0.717) is 12.1 Å². The van der Waals surface area contributed by atoms with Crippen molar-refractivity contribution >= 4 is 17.5 Å². The van der Waals surface area contributed by atoms with Crippen LogP contribution in [0.25, 0.3) is 0 Å². The Balaban J connectivity index is 1.49. The molecule has 4 rings (SSSR count). The second kappa shape index (κ2) is 7.87. The first-order chi connectivity index (χ1) is 14.0. The lowest BCUT2D eigenvalue weighted by molar-refractivity contribution is -0.117. The van der Waals surface area contributed by atoms with Crippen LogP contribution < -0.4 is 10.2 Å². The Labute approximate surface area is 169 Å². The molecule has 0 aromatic heterocycles. The zero-order valence-electron chi connectivity index (χ0n) is 16.1. The Bertz CT molecular complexity index is 1050. The van der Waals surface area contributed by atoms with Crippen LogP contribution in [0.5, 0.6) is 0 Å². The number of fused-ring (bicyclic) bond motifs is 1. The number of hydrogen-bond donors (Lipinski definition) is 1. The largest absolute Gasteiger partial charge is 0.346 e. The second-order valence-electron chi connectivity index (χ2n) is 7.23. The molecule has 0 radical (unpaired) electrons. The van der Waals surface area contributed by atoms with Crippen LogP contribution in [0.2, 0.25) is 0 Å². The average Bonchev–Trinajstić information content (AvgIpc) is 3.03. The fourth-order valence-corrected chi connectivity index (χ4v) is 3.58. The summed E-state index contributed by atoms with van der Waals surface area (Å²) in [7, 11) is 0. The highest BCUT2D eigenvalue weighted by Crippen LogP contribution is 2.31. The molecule has 146 valence electrons. The van der Waals surface area contributed by atoms with Crippen molar-refractivity contribution < 1.29 is 14.0 Å². The number of halogens is 1. The second-order valence-corrected chi connectivity index (χ2v) is 7.23. The van der Waals surface area contributed by atoms with E-state index in [-0.39, 0.29) is 30.1 Å². The molecule has 1 aliphatic heterocycles. The van der Waals surface area contributed by atoms with Gasteiger partial charge < -0.3 is 10.2 Å². The van der Waals surface area contributed by atoms with E-state index in [1.807, 2.05) is 43.3 Å². The number of nitrogens with zero attached hydrogens (tertiary/aromatic N) is 1. The fraction of sp³-hybridized carbons (Fsp3) is 0.167. The molecule has 0 saturated heterocycles. The predicted octanol–water partition coefficient (Wildman–Crippen LogP) is 4.41. The van der Waals surface area contributed by atoms with Gasteiger partial charge in [0.2, 0.25) is 5.91 Å². The molecule has 29 heavy (non-hydrogen) atoms. The van der Waals surface area contributed by atoms with Gasteiger partial charge in [-0.25, -0.2) is 4.39 Å². The number of anilines is 1. The third-order valence-corrected chi connectivity index (χ3v) is 5.18. The van der Waals surface area contributed by atoms with Gasteiger partial charge in [-0.05, 0) is 53.9 Å². The molecule has 2 amide bonds. The molecule has 0 spiro atoms. The Kier molecular flexibility index (Phi) is 5.12. The van der Waals surface area contributed by atoms with Crippen molar-refractivity contribution in [1.82, 2.24) is 5.32 Å². The molecule has 5 heteroatoms. The first-order valence-corrected chi connectivity index (χ1v) is 9.55. The number of carbonyl (C=O) groups excluding carboxylic acids is 2. The molecular weight excluding hydrogens is 367 g/mol. The summed E-state index contributed by atoms with van der Waals surface area (Å²) in [5.41, 5.74) is 4.09. The number of amides is 2. The monoisotopic (exact) mass is 388 g/mol. The number of hydrogen-bond acceptors (Lipinski definition) is 2. The molecule has 0 fully saturated rings. The van der Waals surface area contributed by atoms with Gasteiger partial charge in [0.1, 0.15) is 5.82 Å². The van der Waals surface area contributed by atoms with Crippen molar-refractivity contribution in [2.45, 2.75) is 25.9 Å². The van der Waals surface area contributed by atoms with Crippen molar-refractivity contribution in [1.29, 1.82) is 0 Å². The Morgan fingerprint density at radius 3 is 2.52 bits per heavy atom. The minimum atomic E-state index is -0.310. The van der Waals surface area contributed by atoms with E-state index in [1.54, 1.807) is 29.2 Å². The summed E-state index contributed by atoms with van der Waals surface area (Å²) in [6.07, 6.45) is 0.288. The van der Waals surface area contributed by atoms with Gasteiger partial charge in [-0.1, -0.05) is 42.5 Å². The van der Waals surface area contributed by atoms with Crippen molar-refractivity contribution in [2.24, 2.45) is 0 Å². The maximum Gasteiger partial charge on any atom is 0.251 e. The predicted molar refractivity (Wildman–Crippen MR) is 110 cm³/mol. The lowest BCUT2D eigenvalue weighted by atomic mass is 10.1. The minimum absolute atomic E-state index is 0.0288. The third kappa shape index (κ3) is 4.04. The summed E-state index contributed by atoms with van der Waals surface area (Å²) < 4.78 is 13.1. The van der Waals surface area contributed by atoms with Gasteiger partial charge in [0.15, 0.2) is 0 Å². The molecule has 3 aromatic carbocycles. The highest BCUT2D eigenvalue weighted by Gasteiger charge is 2.28. The van der Waals surface area contributed by atoms with Gasteiger partial charge in [0, 0.05) is 11.3 Å². The average molecular weight is 388 g/mol.